The predicted octanol–water partition coefficient (Wildman–Crippen LogP) is 5.08. The third-order valence-corrected chi connectivity index (χ3v) is 6.79. The molecule has 0 amide bonds. The molecule has 3 atom stereocenters. The standard InChI is InChI=1S/C23H24N4S/c1-15-13-19(17(3)27(15)18-9-5-4-6-10-18)22-21(20-11-7-8-12-24-20)25-23-26(22)14-16(2)28-23/h4-13,16,21-22H,14H2,1-3H3/t16-,21+,22+/m0/s1. The molecule has 0 aliphatic carbocycles. The number of thioether (sulfide) groups is 1. The van der Waals surface area contributed by atoms with E-state index in [1.165, 1.54) is 22.6 Å². The van der Waals surface area contributed by atoms with Gasteiger partial charge in [-0.1, -0.05) is 43.0 Å². The maximum Gasteiger partial charge on any atom is 0.160 e. The lowest BCUT2D eigenvalue weighted by molar-refractivity contribution is 0.320. The fraction of sp³-hybridized carbons (Fsp3) is 0.304. The van der Waals surface area contributed by atoms with Crippen LogP contribution >= 0.6 is 11.8 Å². The maximum atomic E-state index is 5.12. The molecule has 4 heterocycles. The monoisotopic (exact) mass is 388 g/mol. The van der Waals surface area contributed by atoms with Crippen LogP contribution < -0.4 is 0 Å². The molecular formula is C23H24N4S. The molecule has 4 nitrogen and oxygen atoms in total. The molecule has 2 aliphatic rings. The SMILES string of the molecule is Cc1cc([C@@H]2[C@@H](c3ccccn3)N=C3S[C@@H](C)CN32)c(C)n1-c1ccccc1. The quantitative estimate of drug-likeness (QED) is 0.627. The second-order valence-corrected chi connectivity index (χ2v) is 9.04. The Labute approximate surface area is 170 Å². The van der Waals surface area contributed by atoms with Crippen LogP contribution in [0.2, 0.25) is 0 Å². The van der Waals surface area contributed by atoms with Gasteiger partial charge in [0.15, 0.2) is 5.17 Å². The molecular weight excluding hydrogens is 364 g/mol. The Hall–Kier alpha value is -2.53. The summed E-state index contributed by atoms with van der Waals surface area (Å²) in [5, 5.41) is 1.74. The lowest BCUT2D eigenvalue weighted by Gasteiger charge is -2.27. The predicted molar refractivity (Wildman–Crippen MR) is 116 cm³/mol. The van der Waals surface area contributed by atoms with Crippen molar-refractivity contribution in [3.05, 3.63) is 83.4 Å². The number of rotatable bonds is 3. The fourth-order valence-corrected chi connectivity index (χ4v) is 5.61. The number of nitrogens with zero attached hydrogens (tertiary/aromatic N) is 4. The van der Waals surface area contributed by atoms with E-state index in [2.05, 4.69) is 83.8 Å². The molecule has 28 heavy (non-hydrogen) atoms. The van der Waals surface area contributed by atoms with E-state index in [0.717, 1.165) is 17.4 Å². The van der Waals surface area contributed by atoms with Crippen LogP contribution in [-0.2, 0) is 0 Å². The van der Waals surface area contributed by atoms with Gasteiger partial charge in [-0.3, -0.25) is 9.98 Å². The number of benzene rings is 1. The number of aryl methyl sites for hydroxylation is 1. The average molecular weight is 389 g/mol. The van der Waals surface area contributed by atoms with Crippen LogP contribution in [0.15, 0.2) is 65.8 Å². The minimum atomic E-state index is 0.0425. The Balaban J connectivity index is 1.63. The molecule has 142 valence electrons. The lowest BCUT2D eigenvalue weighted by Crippen LogP contribution is -2.28. The topological polar surface area (TPSA) is 33.4 Å². The molecule has 0 radical (unpaired) electrons. The van der Waals surface area contributed by atoms with Crippen LogP contribution in [0.4, 0.5) is 0 Å². The van der Waals surface area contributed by atoms with E-state index in [-0.39, 0.29) is 12.1 Å². The lowest BCUT2D eigenvalue weighted by atomic mass is 9.96. The van der Waals surface area contributed by atoms with Crippen LogP contribution in [0.25, 0.3) is 5.69 Å². The van der Waals surface area contributed by atoms with Crippen molar-refractivity contribution in [2.45, 2.75) is 38.1 Å². The number of hydrogen-bond donors (Lipinski definition) is 0. The van der Waals surface area contributed by atoms with E-state index >= 15 is 0 Å². The number of hydrogen-bond acceptors (Lipinski definition) is 4. The second-order valence-electron chi connectivity index (χ2n) is 7.63. The van der Waals surface area contributed by atoms with E-state index in [9.17, 15) is 0 Å². The number of aliphatic imine (C=N–C) groups is 1. The highest BCUT2D eigenvalue weighted by Crippen LogP contribution is 2.48. The molecule has 2 aromatic heterocycles. The Kier molecular flexibility index (Phi) is 4.27. The highest BCUT2D eigenvalue weighted by molar-refractivity contribution is 8.14. The normalized spacial score (nSPS) is 23.8. The van der Waals surface area contributed by atoms with Crippen molar-refractivity contribution in [1.29, 1.82) is 0 Å². The van der Waals surface area contributed by atoms with Gasteiger partial charge >= 0.3 is 0 Å². The first-order valence-corrected chi connectivity index (χ1v) is 10.7. The van der Waals surface area contributed by atoms with Crippen molar-refractivity contribution in [2.75, 3.05) is 6.54 Å². The summed E-state index contributed by atoms with van der Waals surface area (Å²) < 4.78 is 2.36. The zero-order chi connectivity index (χ0) is 19.3. The van der Waals surface area contributed by atoms with Crippen LogP contribution in [-0.4, -0.2) is 31.4 Å². The highest BCUT2D eigenvalue weighted by Gasteiger charge is 2.44. The number of aromatic nitrogens is 2. The van der Waals surface area contributed by atoms with E-state index < -0.39 is 0 Å². The molecule has 0 saturated carbocycles. The van der Waals surface area contributed by atoms with Gasteiger partial charge in [-0.15, -0.1) is 0 Å². The Bertz CT molecular complexity index is 1030. The molecule has 0 spiro atoms. The van der Waals surface area contributed by atoms with Gasteiger partial charge < -0.3 is 9.47 Å². The van der Waals surface area contributed by atoms with Crippen molar-refractivity contribution in [1.82, 2.24) is 14.5 Å². The zero-order valence-electron chi connectivity index (χ0n) is 16.4. The zero-order valence-corrected chi connectivity index (χ0v) is 17.2. The first-order valence-electron chi connectivity index (χ1n) is 9.80. The van der Waals surface area contributed by atoms with Crippen LogP contribution in [0.5, 0.6) is 0 Å². The van der Waals surface area contributed by atoms with Crippen LogP contribution in [0.3, 0.4) is 0 Å². The Morgan fingerprint density at radius 2 is 1.82 bits per heavy atom. The summed E-state index contributed by atoms with van der Waals surface area (Å²) in [5.74, 6) is 0. The van der Waals surface area contributed by atoms with Gasteiger partial charge in [0, 0.05) is 35.1 Å². The number of amidine groups is 1. The average Bonchev–Trinajstić information content (AvgIpc) is 3.33. The van der Waals surface area contributed by atoms with Gasteiger partial charge in [-0.05, 0) is 49.7 Å². The summed E-state index contributed by atoms with van der Waals surface area (Å²) in [6.07, 6.45) is 1.87. The molecule has 1 fully saturated rings. The molecule has 1 saturated heterocycles. The minimum Gasteiger partial charge on any atom is -0.341 e. The maximum absolute atomic E-state index is 5.12. The van der Waals surface area contributed by atoms with Gasteiger partial charge in [0.25, 0.3) is 0 Å². The van der Waals surface area contributed by atoms with Crippen molar-refractivity contribution < 1.29 is 0 Å². The molecule has 5 rings (SSSR count). The van der Waals surface area contributed by atoms with E-state index in [4.69, 9.17) is 4.99 Å². The highest BCUT2D eigenvalue weighted by atomic mass is 32.2. The number of para-hydroxylation sites is 1. The largest absolute Gasteiger partial charge is 0.341 e. The van der Waals surface area contributed by atoms with Gasteiger partial charge in [-0.25, -0.2) is 0 Å². The molecule has 3 aromatic rings. The second kappa shape index (κ2) is 6.82. The van der Waals surface area contributed by atoms with Gasteiger partial charge in [0.05, 0.1) is 11.7 Å². The summed E-state index contributed by atoms with van der Waals surface area (Å²) in [6, 6.07) is 19.3. The molecule has 5 heteroatoms. The van der Waals surface area contributed by atoms with E-state index in [1.54, 1.807) is 0 Å². The Morgan fingerprint density at radius 1 is 1.04 bits per heavy atom. The van der Waals surface area contributed by atoms with Gasteiger partial charge in [-0.2, -0.15) is 0 Å². The third-order valence-electron chi connectivity index (χ3n) is 5.68. The van der Waals surface area contributed by atoms with Crippen molar-refractivity contribution in [3.8, 4) is 5.69 Å². The minimum absolute atomic E-state index is 0.0425. The Morgan fingerprint density at radius 3 is 2.57 bits per heavy atom. The molecule has 0 N–H and O–H groups in total. The van der Waals surface area contributed by atoms with Gasteiger partial charge in [0.2, 0.25) is 0 Å². The summed E-state index contributed by atoms with van der Waals surface area (Å²) in [4.78, 5) is 12.3. The number of fused-ring (bicyclic) bond motifs is 1. The molecule has 2 aliphatic heterocycles. The van der Waals surface area contributed by atoms with Crippen molar-refractivity contribution >= 4 is 16.9 Å². The molecule has 1 aromatic carbocycles. The third kappa shape index (κ3) is 2.76. The first-order chi connectivity index (χ1) is 13.6. The summed E-state index contributed by atoms with van der Waals surface area (Å²) in [5.41, 5.74) is 6.15. The van der Waals surface area contributed by atoms with Crippen molar-refractivity contribution in [2.24, 2.45) is 4.99 Å². The van der Waals surface area contributed by atoms with E-state index in [1.807, 2.05) is 24.0 Å². The van der Waals surface area contributed by atoms with Crippen LogP contribution in [0.1, 0.15) is 41.7 Å². The van der Waals surface area contributed by atoms with Crippen LogP contribution in [0, 0.1) is 13.8 Å². The summed E-state index contributed by atoms with van der Waals surface area (Å²) >= 11 is 1.89. The molecule has 0 unspecified atom stereocenters. The smallest absolute Gasteiger partial charge is 0.160 e. The molecule has 0 bridgehead atoms. The number of pyridine rings is 1. The fourth-order valence-electron chi connectivity index (χ4n) is 4.52. The van der Waals surface area contributed by atoms with E-state index in [0.29, 0.717) is 5.25 Å². The summed E-state index contributed by atoms with van der Waals surface area (Å²) in [7, 11) is 0. The van der Waals surface area contributed by atoms with Gasteiger partial charge in [0.1, 0.15) is 6.04 Å². The summed E-state index contributed by atoms with van der Waals surface area (Å²) in [6.45, 7) is 7.74. The van der Waals surface area contributed by atoms with Crippen molar-refractivity contribution in [3.63, 3.8) is 0 Å². The first kappa shape index (κ1) is 17.6.